The molecular formula is C26H32FN3O4. The van der Waals surface area contributed by atoms with Crippen molar-refractivity contribution in [1.82, 2.24) is 9.47 Å². The van der Waals surface area contributed by atoms with E-state index in [2.05, 4.69) is 9.80 Å². The second kappa shape index (κ2) is 9.70. The predicted molar refractivity (Wildman–Crippen MR) is 127 cm³/mol. The molecule has 0 spiro atoms. The van der Waals surface area contributed by atoms with E-state index in [1.165, 1.54) is 23.5 Å². The summed E-state index contributed by atoms with van der Waals surface area (Å²) in [4.78, 5) is 16.9. The van der Waals surface area contributed by atoms with Gasteiger partial charge in [0.1, 0.15) is 11.6 Å². The van der Waals surface area contributed by atoms with Gasteiger partial charge in [-0.25, -0.2) is 4.39 Å². The van der Waals surface area contributed by atoms with E-state index in [0.29, 0.717) is 50.1 Å². The Morgan fingerprint density at radius 1 is 0.971 bits per heavy atom. The first kappa shape index (κ1) is 22.8. The molecule has 0 bridgehead atoms. The van der Waals surface area contributed by atoms with Crippen LogP contribution in [0.25, 0.3) is 0 Å². The van der Waals surface area contributed by atoms with Crippen molar-refractivity contribution in [3.05, 3.63) is 47.3 Å². The molecule has 1 aliphatic heterocycles. The van der Waals surface area contributed by atoms with E-state index >= 15 is 0 Å². The van der Waals surface area contributed by atoms with Gasteiger partial charge in [-0.2, -0.15) is 0 Å². The van der Waals surface area contributed by atoms with Crippen LogP contribution in [0, 0.1) is 5.82 Å². The first-order chi connectivity index (χ1) is 16.5. The Morgan fingerprint density at radius 3 is 2.26 bits per heavy atom. The van der Waals surface area contributed by atoms with Crippen molar-refractivity contribution in [2.75, 3.05) is 37.6 Å². The van der Waals surface area contributed by atoms with Crippen molar-refractivity contribution in [1.29, 1.82) is 0 Å². The van der Waals surface area contributed by atoms with Crippen molar-refractivity contribution < 1.29 is 24.1 Å². The van der Waals surface area contributed by atoms with Gasteiger partial charge in [-0.05, 0) is 50.7 Å². The number of rotatable bonds is 7. The number of hydrogen-bond donors (Lipinski definition) is 2. The first-order valence-electron chi connectivity index (χ1n) is 12.2. The highest BCUT2D eigenvalue weighted by molar-refractivity contribution is 5.81. The summed E-state index contributed by atoms with van der Waals surface area (Å²) in [5.74, 6) is 0.340. The van der Waals surface area contributed by atoms with Crippen LogP contribution >= 0.6 is 0 Å². The van der Waals surface area contributed by atoms with E-state index in [4.69, 9.17) is 4.74 Å². The fourth-order valence-electron chi connectivity index (χ4n) is 5.32. The van der Waals surface area contributed by atoms with Crippen LogP contribution in [0.3, 0.4) is 0 Å². The Labute approximate surface area is 199 Å². The molecule has 2 heterocycles. The Morgan fingerprint density at radius 2 is 1.62 bits per heavy atom. The number of hydrogen-bond acceptors (Lipinski definition) is 6. The van der Waals surface area contributed by atoms with Gasteiger partial charge in [-0.15, -0.1) is 0 Å². The van der Waals surface area contributed by atoms with Gasteiger partial charge in [0.2, 0.25) is 0 Å². The van der Waals surface area contributed by atoms with Crippen LogP contribution < -0.4 is 9.64 Å². The zero-order chi connectivity index (χ0) is 23.7. The zero-order valence-corrected chi connectivity index (χ0v) is 19.4. The lowest BCUT2D eigenvalue weighted by molar-refractivity contribution is -0.121. The molecule has 0 amide bonds. The first-order valence-corrected chi connectivity index (χ1v) is 12.2. The smallest absolute Gasteiger partial charge is 0.198 e. The molecule has 2 N–H and O–H groups in total. The molecule has 2 fully saturated rings. The number of ketones is 1. The minimum atomic E-state index is -0.282. The number of aromatic nitrogens is 1. The number of allylic oxidation sites excluding steroid dienone is 2. The van der Waals surface area contributed by atoms with Gasteiger partial charge in [-0.1, -0.05) is 12.2 Å². The summed E-state index contributed by atoms with van der Waals surface area (Å²) >= 11 is 0. The molecule has 2 aromatic rings. The second-order valence-electron chi connectivity index (χ2n) is 9.51. The van der Waals surface area contributed by atoms with Crippen LogP contribution in [0.15, 0.2) is 30.4 Å². The number of nitrogens with zero attached hydrogens (tertiary/aromatic N) is 3. The lowest BCUT2D eigenvalue weighted by Gasteiger charge is -2.36. The van der Waals surface area contributed by atoms with Gasteiger partial charge >= 0.3 is 0 Å². The third kappa shape index (κ3) is 4.64. The third-order valence-electron chi connectivity index (χ3n) is 7.19. The topological polar surface area (TPSA) is 78.2 Å². The number of anilines is 1. The van der Waals surface area contributed by atoms with Gasteiger partial charge < -0.3 is 19.8 Å². The average Bonchev–Trinajstić information content (AvgIpc) is 3.44. The van der Waals surface area contributed by atoms with E-state index in [-0.39, 0.29) is 42.6 Å². The highest BCUT2D eigenvalue weighted by Crippen LogP contribution is 2.37. The molecule has 0 atom stereocenters. The Balaban J connectivity index is 1.18. The molecule has 2 aliphatic carbocycles. The summed E-state index contributed by atoms with van der Waals surface area (Å²) in [5, 5.41) is 21.0. The van der Waals surface area contributed by atoms with E-state index in [1.54, 1.807) is 12.1 Å². The Kier molecular flexibility index (Phi) is 6.50. The number of benzene rings is 1. The molecule has 34 heavy (non-hydrogen) atoms. The van der Waals surface area contributed by atoms with Crippen molar-refractivity contribution in [3.8, 4) is 17.5 Å². The minimum Gasteiger partial charge on any atom is -0.494 e. The van der Waals surface area contributed by atoms with E-state index in [0.717, 1.165) is 24.3 Å². The fourth-order valence-corrected chi connectivity index (χ4v) is 5.32. The van der Waals surface area contributed by atoms with Gasteiger partial charge in [0.05, 0.1) is 24.9 Å². The number of Topliss-reactive ketones (excluding diaryl/α,β-unsaturated/α-hetero) is 1. The summed E-state index contributed by atoms with van der Waals surface area (Å²) in [7, 11) is 0. The average molecular weight is 470 g/mol. The number of carbonyl (C=O) groups excluding carboxylic acids is 1. The normalized spacial score (nSPS) is 18.9. The number of halogens is 1. The zero-order valence-electron chi connectivity index (χ0n) is 19.4. The third-order valence-corrected chi connectivity index (χ3v) is 7.19. The molecule has 7 nitrogen and oxygen atoms in total. The molecule has 1 saturated heterocycles. The molecule has 5 rings (SSSR count). The second-order valence-corrected chi connectivity index (χ2v) is 9.51. The SMILES string of the molecule is O=C(CN1CCN(c2cc(F)ccc2OC2CCCC2)CC1)Cn1c(O)c2c(c1O)CC=CC2. The van der Waals surface area contributed by atoms with Crippen molar-refractivity contribution in [2.45, 2.75) is 51.2 Å². The summed E-state index contributed by atoms with van der Waals surface area (Å²) in [6.45, 7) is 2.83. The van der Waals surface area contributed by atoms with Crippen LogP contribution in [0.1, 0.15) is 36.8 Å². The standard InChI is InChI=1S/C26H32FN3O4/c27-18-9-10-24(34-20-5-1-2-6-20)23(15-18)29-13-11-28(12-14-29)16-19(31)17-30-25(32)21-7-3-4-8-22(21)26(30)33/h3-4,9-10,15,20,32-33H,1-2,5-8,11-14,16-17H2. The van der Waals surface area contributed by atoms with E-state index < -0.39 is 0 Å². The van der Waals surface area contributed by atoms with Gasteiger partial charge in [0, 0.05) is 43.4 Å². The largest absolute Gasteiger partial charge is 0.494 e. The molecule has 3 aliphatic rings. The number of piperazine rings is 1. The van der Waals surface area contributed by atoms with E-state index in [9.17, 15) is 19.4 Å². The van der Waals surface area contributed by atoms with Crippen LogP contribution in [-0.2, 0) is 24.2 Å². The van der Waals surface area contributed by atoms with Gasteiger partial charge in [-0.3, -0.25) is 14.3 Å². The molecule has 0 radical (unpaired) electrons. The molecule has 1 saturated carbocycles. The Bertz CT molecular complexity index is 1050. The maximum absolute atomic E-state index is 14.0. The summed E-state index contributed by atoms with van der Waals surface area (Å²) in [5.41, 5.74) is 2.18. The van der Waals surface area contributed by atoms with Crippen molar-refractivity contribution >= 4 is 11.5 Å². The molecule has 1 aromatic carbocycles. The lowest BCUT2D eigenvalue weighted by Crippen LogP contribution is -2.48. The summed E-state index contributed by atoms with van der Waals surface area (Å²) in [6.07, 6.45) is 9.65. The van der Waals surface area contributed by atoms with E-state index in [1.807, 2.05) is 12.2 Å². The van der Waals surface area contributed by atoms with Crippen LogP contribution in [0.5, 0.6) is 17.5 Å². The minimum absolute atomic E-state index is 0.0177. The number of ether oxygens (including phenoxy) is 1. The summed E-state index contributed by atoms with van der Waals surface area (Å²) < 4.78 is 21.6. The molecule has 1 aromatic heterocycles. The number of carbonyl (C=O) groups is 1. The quantitative estimate of drug-likeness (QED) is 0.606. The van der Waals surface area contributed by atoms with Crippen LogP contribution in [0.2, 0.25) is 0 Å². The number of aromatic hydroxyl groups is 2. The maximum Gasteiger partial charge on any atom is 0.198 e. The predicted octanol–water partition coefficient (Wildman–Crippen LogP) is 3.41. The highest BCUT2D eigenvalue weighted by Gasteiger charge is 2.26. The van der Waals surface area contributed by atoms with Gasteiger partial charge in [0.15, 0.2) is 17.5 Å². The highest BCUT2D eigenvalue weighted by atomic mass is 19.1. The molecule has 182 valence electrons. The van der Waals surface area contributed by atoms with Crippen molar-refractivity contribution in [2.24, 2.45) is 0 Å². The maximum atomic E-state index is 14.0. The van der Waals surface area contributed by atoms with Crippen molar-refractivity contribution in [3.63, 3.8) is 0 Å². The fraction of sp³-hybridized carbons (Fsp3) is 0.500. The molecular weight excluding hydrogens is 437 g/mol. The molecule has 0 unspecified atom stereocenters. The van der Waals surface area contributed by atoms with Crippen LogP contribution in [0.4, 0.5) is 10.1 Å². The number of fused-ring (bicyclic) bond motifs is 1. The monoisotopic (exact) mass is 469 g/mol. The van der Waals surface area contributed by atoms with Gasteiger partial charge in [0.25, 0.3) is 0 Å². The molecule has 8 heteroatoms. The Hall–Kier alpha value is -3.00. The lowest BCUT2D eigenvalue weighted by atomic mass is 10.0. The summed E-state index contributed by atoms with van der Waals surface area (Å²) in [6, 6.07) is 4.71. The van der Waals surface area contributed by atoms with Crippen LogP contribution in [-0.4, -0.2) is 64.3 Å².